The van der Waals surface area contributed by atoms with Crippen LogP contribution in [0.25, 0.3) is 0 Å². The van der Waals surface area contributed by atoms with Crippen molar-refractivity contribution in [1.29, 1.82) is 0 Å². The normalized spacial score (nSPS) is 15.6. The predicted octanol–water partition coefficient (Wildman–Crippen LogP) is 0.929. The first-order valence-electron chi connectivity index (χ1n) is 4.79. The van der Waals surface area contributed by atoms with Crippen LogP contribution >= 0.6 is 0 Å². The molecule has 4 nitrogen and oxygen atoms in total. The first-order chi connectivity index (χ1) is 6.56. The van der Waals surface area contributed by atoms with E-state index in [9.17, 15) is 4.79 Å². The Morgan fingerprint density at radius 1 is 1.21 bits per heavy atom. The minimum Gasteiger partial charge on any atom is -0.481 e. The lowest BCUT2D eigenvalue weighted by Gasteiger charge is -2.04. The average Bonchev–Trinajstić information content (AvgIpc) is 2.10. The monoisotopic (exact) mass is 202 g/mol. The quantitative estimate of drug-likeness (QED) is 0.537. The van der Waals surface area contributed by atoms with E-state index in [2.05, 4.69) is 0 Å². The van der Waals surface area contributed by atoms with Gasteiger partial charge in [0.1, 0.15) is 0 Å². The fraction of sp³-hybridized carbons (Fsp3) is 0.700. The number of aliphatic hydroxyl groups excluding tert-OH is 2. The summed E-state index contributed by atoms with van der Waals surface area (Å²) in [5, 5.41) is 26.7. The molecule has 2 atom stereocenters. The van der Waals surface area contributed by atoms with Gasteiger partial charge in [0.15, 0.2) is 0 Å². The van der Waals surface area contributed by atoms with E-state index in [-0.39, 0.29) is 12.5 Å². The van der Waals surface area contributed by atoms with Crippen molar-refractivity contribution in [3.63, 3.8) is 0 Å². The van der Waals surface area contributed by atoms with E-state index >= 15 is 0 Å². The maximum Gasteiger partial charge on any atom is 0.305 e. The fourth-order valence-corrected chi connectivity index (χ4v) is 0.958. The van der Waals surface area contributed by atoms with Gasteiger partial charge in [0, 0.05) is 0 Å². The molecule has 0 aromatic carbocycles. The van der Waals surface area contributed by atoms with E-state index in [4.69, 9.17) is 15.3 Å². The van der Waals surface area contributed by atoms with Gasteiger partial charge in [-0.05, 0) is 19.3 Å². The molecule has 0 fully saturated rings. The van der Waals surface area contributed by atoms with Crippen LogP contribution < -0.4 is 0 Å². The van der Waals surface area contributed by atoms with Crippen LogP contribution in [0.2, 0.25) is 0 Å². The van der Waals surface area contributed by atoms with Gasteiger partial charge in [-0.2, -0.15) is 0 Å². The zero-order valence-corrected chi connectivity index (χ0v) is 8.39. The van der Waals surface area contributed by atoms with Gasteiger partial charge in [-0.1, -0.05) is 19.1 Å². The summed E-state index contributed by atoms with van der Waals surface area (Å²) in [6, 6.07) is 0. The molecule has 0 aliphatic heterocycles. The molecule has 0 heterocycles. The molecular weight excluding hydrogens is 184 g/mol. The van der Waals surface area contributed by atoms with Crippen LogP contribution in [0.5, 0.6) is 0 Å². The number of carboxylic acids is 1. The van der Waals surface area contributed by atoms with E-state index in [1.54, 1.807) is 12.2 Å². The van der Waals surface area contributed by atoms with E-state index in [1.807, 2.05) is 6.92 Å². The smallest absolute Gasteiger partial charge is 0.305 e. The number of hydrogen-bond acceptors (Lipinski definition) is 3. The number of rotatable bonds is 7. The van der Waals surface area contributed by atoms with Crippen molar-refractivity contribution in [3.05, 3.63) is 12.2 Å². The average molecular weight is 202 g/mol. The van der Waals surface area contributed by atoms with Crippen molar-refractivity contribution in [2.45, 2.75) is 44.8 Å². The summed E-state index contributed by atoms with van der Waals surface area (Å²) >= 11 is 0. The SMILES string of the molecule is CCC(O)C/C=C\CC(O)CC(=O)O. The van der Waals surface area contributed by atoms with E-state index < -0.39 is 12.1 Å². The van der Waals surface area contributed by atoms with Gasteiger partial charge in [0.2, 0.25) is 0 Å². The molecule has 82 valence electrons. The molecule has 3 N–H and O–H groups in total. The van der Waals surface area contributed by atoms with Crippen LogP contribution in [0, 0.1) is 0 Å². The molecule has 0 saturated carbocycles. The second-order valence-electron chi connectivity index (χ2n) is 3.26. The number of carboxylic acid groups (broad SMARTS) is 1. The van der Waals surface area contributed by atoms with E-state index in [0.29, 0.717) is 19.3 Å². The Labute approximate surface area is 83.9 Å². The second kappa shape index (κ2) is 7.53. The Hall–Kier alpha value is -0.870. The van der Waals surface area contributed by atoms with Crippen LogP contribution in [0.15, 0.2) is 12.2 Å². The summed E-state index contributed by atoms with van der Waals surface area (Å²) in [5.74, 6) is -1.00. The summed E-state index contributed by atoms with van der Waals surface area (Å²) < 4.78 is 0. The third-order valence-electron chi connectivity index (χ3n) is 1.86. The highest BCUT2D eigenvalue weighted by Crippen LogP contribution is 2.02. The summed E-state index contributed by atoms with van der Waals surface area (Å²) in [7, 11) is 0. The highest BCUT2D eigenvalue weighted by atomic mass is 16.4. The maximum atomic E-state index is 10.2. The molecular formula is C10H18O4. The van der Waals surface area contributed by atoms with Gasteiger partial charge in [-0.15, -0.1) is 0 Å². The van der Waals surface area contributed by atoms with Crippen molar-refractivity contribution < 1.29 is 20.1 Å². The summed E-state index contributed by atoms with van der Waals surface area (Å²) in [5.41, 5.74) is 0. The Kier molecular flexibility index (Phi) is 7.06. The molecule has 0 aliphatic rings. The van der Waals surface area contributed by atoms with Crippen LogP contribution in [0.1, 0.15) is 32.6 Å². The minimum atomic E-state index is -1.00. The summed E-state index contributed by atoms with van der Waals surface area (Å²) in [4.78, 5) is 10.2. The predicted molar refractivity (Wildman–Crippen MR) is 52.9 cm³/mol. The molecule has 2 unspecified atom stereocenters. The van der Waals surface area contributed by atoms with Crippen molar-refractivity contribution in [3.8, 4) is 0 Å². The lowest BCUT2D eigenvalue weighted by atomic mass is 10.1. The van der Waals surface area contributed by atoms with Crippen molar-refractivity contribution in [2.75, 3.05) is 0 Å². The van der Waals surface area contributed by atoms with Gasteiger partial charge < -0.3 is 15.3 Å². The molecule has 0 radical (unpaired) electrons. The first kappa shape index (κ1) is 13.1. The topological polar surface area (TPSA) is 77.8 Å². The molecule has 0 amide bonds. The molecule has 4 heteroatoms. The molecule has 0 aliphatic carbocycles. The molecule has 0 aromatic rings. The van der Waals surface area contributed by atoms with Crippen LogP contribution in [-0.4, -0.2) is 33.5 Å². The van der Waals surface area contributed by atoms with Gasteiger partial charge in [-0.25, -0.2) is 0 Å². The van der Waals surface area contributed by atoms with Crippen molar-refractivity contribution >= 4 is 5.97 Å². The molecule has 14 heavy (non-hydrogen) atoms. The number of hydrogen-bond donors (Lipinski definition) is 3. The van der Waals surface area contributed by atoms with Gasteiger partial charge >= 0.3 is 5.97 Å². The van der Waals surface area contributed by atoms with Gasteiger partial charge in [-0.3, -0.25) is 4.79 Å². The van der Waals surface area contributed by atoms with Gasteiger partial charge in [0.25, 0.3) is 0 Å². The highest BCUT2D eigenvalue weighted by molar-refractivity contribution is 5.67. The van der Waals surface area contributed by atoms with E-state index in [1.165, 1.54) is 0 Å². The third kappa shape index (κ3) is 7.76. The Bertz CT molecular complexity index is 189. The van der Waals surface area contributed by atoms with Crippen LogP contribution in [0.3, 0.4) is 0 Å². The lowest BCUT2D eigenvalue weighted by molar-refractivity contribution is -0.139. The second-order valence-corrected chi connectivity index (χ2v) is 3.26. The maximum absolute atomic E-state index is 10.2. The minimum absolute atomic E-state index is 0.235. The third-order valence-corrected chi connectivity index (χ3v) is 1.86. The van der Waals surface area contributed by atoms with Gasteiger partial charge in [0.05, 0.1) is 18.6 Å². The largest absolute Gasteiger partial charge is 0.481 e. The van der Waals surface area contributed by atoms with Crippen molar-refractivity contribution in [1.82, 2.24) is 0 Å². The summed E-state index contributed by atoms with van der Waals surface area (Å²) in [6.07, 6.45) is 3.62. The summed E-state index contributed by atoms with van der Waals surface area (Å²) in [6.45, 7) is 1.89. The zero-order chi connectivity index (χ0) is 11.0. The van der Waals surface area contributed by atoms with E-state index in [0.717, 1.165) is 0 Å². The molecule has 0 bridgehead atoms. The van der Waals surface area contributed by atoms with Crippen molar-refractivity contribution in [2.24, 2.45) is 0 Å². The number of aliphatic hydroxyl groups is 2. The van der Waals surface area contributed by atoms with Crippen LogP contribution in [-0.2, 0) is 4.79 Å². The standard InChI is InChI=1S/C10H18O4/c1-2-8(11)5-3-4-6-9(12)7-10(13)14/h3-4,8-9,11-12H,2,5-7H2,1H3,(H,13,14)/b4-3-. The number of carbonyl (C=O) groups is 1. The Balaban J connectivity index is 3.55. The molecule has 0 spiro atoms. The molecule has 0 rings (SSSR count). The Morgan fingerprint density at radius 2 is 1.71 bits per heavy atom. The zero-order valence-electron chi connectivity index (χ0n) is 8.39. The number of aliphatic carboxylic acids is 1. The highest BCUT2D eigenvalue weighted by Gasteiger charge is 2.06. The lowest BCUT2D eigenvalue weighted by Crippen LogP contribution is -2.11. The molecule has 0 aromatic heterocycles. The van der Waals surface area contributed by atoms with Crippen LogP contribution in [0.4, 0.5) is 0 Å². The molecule has 0 saturated heterocycles. The fourth-order valence-electron chi connectivity index (χ4n) is 0.958. The first-order valence-corrected chi connectivity index (χ1v) is 4.79. The Morgan fingerprint density at radius 3 is 2.14 bits per heavy atom.